The Balaban J connectivity index is 1.57. The summed E-state index contributed by atoms with van der Waals surface area (Å²) in [7, 11) is 0. The summed E-state index contributed by atoms with van der Waals surface area (Å²) in [5.41, 5.74) is 1.19. The average molecular weight is 695 g/mol. The number of aromatic nitrogens is 3. The van der Waals surface area contributed by atoms with Gasteiger partial charge < -0.3 is 28.6 Å². The first-order valence-electron chi connectivity index (χ1n) is 16.8. The molecular weight excluding hydrogens is 648 g/mol. The van der Waals surface area contributed by atoms with Gasteiger partial charge in [-0.2, -0.15) is 22.8 Å². The van der Waals surface area contributed by atoms with Crippen molar-refractivity contribution >= 4 is 17.4 Å². The molecule has 0 radical (unpaired) electrons. The van der Waals surface area contributed by atoms with E-state index in [1.54, 1.807) is 17.5 Å². The number of alkyl halides is 3. The highest BCUT2D eigenvalue weighted by atomic mass is 19.4. The van der Waals surface area contributed by atoms with Crippen LogP contribution in [0.15, 0.2) is 24.3 Å². The second-order valence-corrected chi connectivity index (χ2v) is 13.9. The fourth-order valence-electron chi connectivity index (χ4n) is 6.19. The third-order valence-electron chi connectivity index (χ3n) is 8.69. The normalized spacial score (nSPS) is 22.1. The van der Waals surface area contributed by atoms with E-state index in [-0.39, 0.29) is 50.6 Å². The molecule has 1 saturated heterocycles. The van der Waals surface area contributed by atoms with Gasteiger partial charge in [-0.15, -0.1) is 0 Å². The van der Waals surface area contributed by atoms with Gasteiger partial charge in [0.15, 0.2) is 17.9 Å². The van der Waals surface area contributed by atoms with Crippen molar-refractivity contribution in [1.29, 1.82) is 0 Å². The van der Waals surface area contributed by atoms with Gasteiger partial charge in [0.1, 0.15) is 17.4 Å². The van der Waals surface area contributed by atoms with E-state index in [1.807, 2.05) is 34.6 Å². The average Bonchev–Trinajstić information content (AvgIpc) is 3.41. The minimum absolute atomic E-state index is 0.0254. The van der Waals surface area contributed by atoms with Gasteiger partial charge in [-0.05, 0) is 79.7 Å². The van der Waals surface area contributed by atoms with Gasteiger partial charge >= 0.3 is 12.1 Å². The smallest absolute Gasteiger partial charge is 0.425 e. The van der Waals surface area contributed by atoms with Crippen LogP contribution >= 0.6 is 0 Å². The molecule has 10 nitrogen and oxygen atoms in total. The highest BCUT2D eigenvalue weighted by molar-refractivity contribution is 5.80. The van der Waals surface area contributed by atoms with Crippen LogP contribution in [0, 0.1) is 12.7 Å². The largest absolute Gasteiger partial charge is 0.480 e. The number of carbonyl (C=O) groups excluding carboxylic acids is 1. The number of piperidine rings is 1. The molecular formula is C35H46F4N4O6. The molecule has 2 unspecified atom stereocenters. The molecule has 0 spiro atoms. The quantitative estimate of drug-likeness (QED) is 0.208. The molecule has 0 aliphatic carbocycles. The summed E-state index contributed by atoms with van der Waals surface area (Å²) in [6.07, 6.45) is -6.31. The van der Waals surface area contributed by atoms with Crippen molar-refractivity contribution in [2.75, 3.05) is 31.2 Å². The first-order chi connectivity index (χ1) is 23.1. The third kappa shape index (κ3) is 9.01. The monoisotopic (exact) mass is 694 g/mol. The minimum atomic E-state index is -4.65. The number of benzene rings is 1. The minimum Gasteiger partial charge on any atom is -0.480 e. The standard InChI is InChI=1S/C35H46F4N4O6/c1-7-46-32(44)30(49-33(3,4)5)29-22(2)40-28-19-25-21-45-20-23-11-12-24(36)18-26(23)48-27(35(37,38)39)10-8-9-17-47-34(6)13-15-42(16-14-34)31(29)43(28)41-25/h11-12,18-19,27,30H,7-10,13-17,20-21H2,1-6H3. The number of halogens is 4. The summed E-state index contributed by atoms with van der Waals surface area (Å²) in [6, 6.07) is 5.21. The topological polar surface area (TPSA) is 96.7 Å². The summed E-state index contributed by atoms with van der Waals surface area (Å²) in [5.74, 6) is -0.827. The van der Waals surface area contributed by atoms with E-state index in [0.29, 0.717) is 60.8 Å². The van der Waals surface area contributed by atoms with Crippen molar-refractivity contribution in [3.63, 3.8) is 0 Å². The van der Waals surface area contributed by atoms with Crippen molar-refractivity contribution in [2.24, 2.45) is 0 Å². The lowest BCUT2D eigenvalue weighted by Crippen LogP contribution is -2.46. The van der Waals surface area contributed by atoms with Crippen LogP contribution in [0.3, 0.4) is 0 Å². The molecule has 0 saturated carbocycles. The molecule has 3 aliphatic heterocycles. The molecule has 270 valence electrons. The number of ether oxygens (including phenoxy) is 5. The van der Waals surface area contributed by atoms with E-state index < -0.39 is 41.4 Å². The van der Waals surface area contributed by atoms with Crippen LogP contribution in [0.4, 0.5) is 23.4 Å². The zero-order valence-electron chi connectivity index (χ0n) is 29.0. The van der Waals surface area contributed by atoms with E-state index in [2.05, 4.69) is 4.90 Å². The predicted molar refractivity (Wildman–Crippen MR) is 173 cm³/mol. The highest BCUT2D eigenvalue weighted by Crippen LogP contribution is 2.39. The fraction of sp³-hybridized carbons (Fsp3) is 0.629. The molecule has 3 aliphatic rings. The number of hydrogen-bond donors (Lipinski definition) is 0. The third-order valence-corrected chi connectivity index (χ3v) is 8.69. The van der Waals surface area contributed by atoms with Crippen molar-refractivity contribution in [1.82, 2.24) is 14.6 Å². The molecule has 3 aromatic rings. The highest BCUT2D eigenvalue weighted by Gasteiger charge is 2.42. The van der Waals surface area contributed by atoms with Gasteiger partial charge in [0.2, 0.25) is 0 Å². The number of hydrogen-bond acceptors (Lipinski definition) is 9. The number of aryl methyl sites for hydroxylation is 1. The van der Waals surface area contributed by atoms with Gasteiger partial charge in [-0.25, -0.2) is 14.2 Å². The Kier molecular flexibility index (Phi) is 11.1. The molecule has 5 heterocycles. The van der Waals surface area contributed by atoms with Crippen LogP contribution in [0.5, 0.6) is 5.75 Å². The fourth-order valence-corrected chi connectivity index (χ4v) is 6.19. The molecule has 0 amide bonds. The maximum atomic E-state index is 14.2. The van der Waals surface area contributed by atoms with Crippen LogP contribution in [0.1, 0.15) is 95.3 Å². The first kappa shape index (κ1) is 36.8. The van der Waals surface area contributed by atoms with E-state index >= 15 is 0 Å². The molecule has 2 atom stereocenters. The number of nitrogens with zero attached hydrogens (tertiary/aromatic N) is 4. The summed E-state index contributed by atoms with van der Waals surface area (Å²) >= 11 is 0. The second-order valence-electron chi connectivity index (χ2n) is 13.9. The number of carbonyl (C=O) groups is 1. The molecule has 2 aromatic heterocycles. The molecule has 1 fully saturated rings. The molecule has 49 heavy (non-hydrogen) atoms. The Labute approximate surface area is 284 Å². The van der Waals surface area contributed by atoms with Gasteiger partial charge in [0.05, 0.1) is 42.3 Å². The molecule has 1 aromatic carbocycles. The number of anilines is 1. The van der Waals surface area contributed by atoms with E-state index in [1.165, 1.54) is 6.07 Å². The van der Waals surface area contributed by atoms with Crippen molar-refractivity contribution in [3.8, 4) is 5.75 Å². The Bertz CT molecular complexity index is 1610. The lowest BCUT2D eigenvalue weighted by molar-refractivity contribution is -0.197. The number of esters is 1. The number of rotatable bonds is 4. The lowest BCUT2D eigenvalue weighted by atomic mass is 9.92. The van der Waals surface area contributed by atoms with Crippen LogP contribution in [-0.2, 0) is 37.0 Å². The Morgan fingerprint density at radius 2 is 1.86 bits per heavy atom. The van der Waals surface area contributed by atoms with E-state index in [0.717, 1.165) is 12.1 Å². The summed E-state index contributed by atoms with van der Waals surface area (Å²) in [6.45, 7) is 12.5. The summed E-state index contributed by atoms with van der Waals surface area (Å²) < 4.78 is 87.4. The van der Waals surface area contributed by atoms with E-state index in [9.17, 15) is 22.4 Å². The molecule has 0 N–H and O–H groups in total. The van der Waals surface area contributed by atoms with Crippen molar-refractivity contribution in [2.45, 2.75) is 116 Å². The first-order valence-corrected chi connectivity index (χ1v) is 16.8. The lowest BCUT2D eigenvalue weighted by Gasteiger charge is -2.41. The van der Waals surface area contributed by atoms with E-state index in [4.69, 9.17) is 33.8 Å². The van der Waals surface area contributed by atoms with Gasteiger partial charge in [0, 0.05) is 43.1 Å². The number of fused-ring (bicyclic) bond motifs is 10. The molecule has 4 bridgehead atoms. The zero-order valence-corrected chi connectivity index (χ0v) is 29.0. The predicted octanol–water partition coefficient (Wildman–Crippen LogP) is 7.18. The molecule has 14 heteroatoms. The van der Waals surface area contributed by atoms with Gasteiger partial charge in [-0.1, -0.05) is 6.07 Å². The summed E-state index contributed by atoms with van der Waals surface area (Å²) in [4.78, 5) is 20.4. The van der Waals surface area contributed by atoms with Crippen LogP contribution in [-0.4, -0.2) is 70.4 Å². The second kappa shape index (κ2) is 14.8. The van der Waals surface area contributed by atoms with Crippen LogP contribution in [0.2, 0.25) is 0 Å². The van der Waals surface area contributed by atoms with Crippen molar-refractivity contribution in [3.05, 3.63) is 52.6 Å². The van der Waals surface area contributed by atoms with Crippen LogP contribution < -0.4 is 9.64 Å². The zero-order chi connectivity index (χ0) is 35.6. The Morgan fingerprint density at radius 1 is 1.12 bits per heavy atom. The maximum Gasteiger partial charge on any atom is 0.425 e. The van der Waals surface area contributed by atoms with Gasteiger partial charge in [0.25, 0.3) is 0 Å². The summed E-state index contributed by atoms with van der Waals surface area (Å²) in [5, 5.41) is 4.83. The van der Waals surface area contributed by atoms with Crippen LogP contribution in [0.25, 0.3) is 5.65 Å². The SMILES string of the molecule is CCOC(=O)C(OC(C)(C)C)c1c(C)nc2cc3nn2c1N1CCC(C)(CC1)OCCCCC(C(F)(F)F)Oc1cc(F)ccc1COC3. The Hall–Kier alpha value is -3.49. The maximum absolute atomic E-state index is 14.2. The van der Waals surface area contributed by atoms with Gasteiger partial charge in [-0.3, -0.25) is 0 Å². The van der Waals surface area contributed by atoms with Crippen molar-refractivity contribution < 1.29 is 46.0 Å². The molecule has 6 rings (SSSR count). The Morgan fingerprint density at radius 3 is 2.53 bits per heavy atom.